The van der Waals surface area contributed by atoms with Crippen molar-refractivity contribution in [3.8, 4) is 0 Å². The van der Waals surface area contributed by atoms with Crippen molar-refractivity contribution in [1.82, 2.24) is 4.31 Å². The zero-order chi connectivity index (χ0) is 20.4. The average Bonchev–Trinajstić information content (AvgIpc) is 2.61. The molecule has 1 aliphatic rings. The molecule has 0 spiro atoms. The van der Waals surface area contributed by atoms with Crippen LogP contribution in [0.5, 0.6) is 0 Å². The molecule has 0 saturated carbocycles. The fourth-order valence-corrected chi connectivity index (χ4v) is 4.74. The van der Waals surface area contributed by atoms with Crippen LogP contribution in [-0.2, 0) is 14.8 Å². The summed E-state index contributed by atoms with van der Waals surface area (Å²) >= 11 is 0. The first-order valence-electron chi connectivity index (χ1n) is 8.81. The molecular formula is C17H25N3O6S. The van der Waals surface area contributed by atoms with Gasteiger partial charge in [0.25, 0.3) is 5.69 Å². The van der Waals surface area contributed by atoms with Gasteiger partial charge in [-0.25, -0.2) is 13.2 Å². The largest absolute Gasteiger partial charge is 0.462 e. The molecule has 0 aromatic heterocycles. The quantitative estimate of drug-likeness (QED) is 0.438. The van der Waals surface area contributed by atoms with E-state index in [0.717, 1.165) is 12.1 Å². The monoisotopic (exact) mass is 399 g/mol. The standard InChI is InChI=1S/C17H25N3O6S/c1-4-26-17(21)15-9-14(10-16(11(15)2)20(22)23)27(24,25)19-7-5-13(6-8-19)12(3)18/h9-10,12-13H,4-8,18H2,1-3H3. The molecule has 1 atom stereocenters. The summed E-state index contributed by atoms with van der Waals surface area (Å²) in [5.41, 5.74) is 5.42. The van der Waals surface area contributed by atoms with Crippen molar-refractivity contribution < 1.29 is 22.9 Å². The second kappa shape index (κ2) is 8.32. The molecule has 1 aromatic rings. The first-order valence-corrected chi connectivity index (χ1v) is 10.3. The van der Waals surface area contributed by atoms with Crippen LogP contribution in [0.25, 0.3) is 0 Å². The Labute approximate surface area is 158 Å². The zero-order valence-electron chi connectivity index (χ0n) is 15.7. The third-order valence-corrected chi connectivity index (χ3v) is 6.80. The van der Waals surface area contributed by atoms with Gasteiger partial charge in [0.1, 0.15) is 0 Å². The molecule has 2 N–H and O–H groups in total. The Kier molecular flexibility index (Phi) is 6.55. The van der Waals surface area contributed by atoms with E-state index >= 15 is 0 Å². The fraction of sp³-hybridized carbons (Fsp3) is 0.588. The predicted molar refractivity (Wildman–Crippen MR) is 98.9 cm³/mol. The molecule has 2 rings (SSSR count). The minimum absolute atomic E-state index is 0.0225. The molecule has 0 bridgehead atoms. The van der Waals surface area contributed by atoms with Gasteiger partial charge in [0, 0.05) is 30.8 Å². The number of nitro groups is 1. The predicted octanol–water partition coefficient (Wildman–Crippen LogP) is 1.83. The number of hydrogen-bond donors (Lipinski definition) is 1. The van der Waals surface area contributed by atoms with E-state index in [1.165, 1.54) is 11.2 Å². The summed E-state index contributed by atoms with van der Waals surface area (Å²) in [6, 6.07) is 2.14. The second-order valence-corrected chi connectivity index (χ2v) is 8.63. The van der Waals surface area contributed by atoms with Crippen molar-refractivity contribution in [3.05, 3.63) is 33.4 Å². The highest BCUT2D eigenvalue weighted by molar-refractivity contribution is 7.89. The molecule has 1 unspecified atom stereocenters. The highest BCUT2D eigenvalue weighted by Gasteiger charge is 2.33. The fourth-order valence-electron chi connectivity index (χ4n) is 3.22. The van der Waals surface area contributed by atoms with Crippen LogP contribution in [0.4, 0.5) is 5.69 Å². The number of ether oxygens (including phenoxy) is 1. The molecular weight excluding hydrogens is 374 g/mol. The van der Waals surface area contributed by atoms with E-state index in [4.69, 9.17) is 10.5 Å². The van der Waals surface area contributed by atoms with Crippen molar-refractivity contribution in [1.29, 1.82) is 0 Å². The summed E-state index contributed by atoms with van der Waals surface area (Å²) < 4.78 is 32.2. The third kappa shape index (κ3) is 4.45. The van der Waals surface area contributed by atoms with Crippen molar-refractivity contribution in [2.24, 2.45) is 11.7 Å². The molecule has 0 amide bonds. The first kappa shape index (κ1) is 21.3. The lowest BCUT2D eigenvalue weighted by molar-refractivity contribution is -0.385. The number of benzene rings is 1. The van der Waals surface area contributed by atoms with Gasteiger partial charge in [-0.1, -0.05) is 0 Å². The van der Waals surface area contributed by atoms with Crippen LogP contribution in [0, 0.1) is 23.0 Å². The summed E-state index contributed by atoms with van der Waals surface area (Å²) in [6.07, 6.45) is 1.24. The molecule has 0 radical (unpaired) electrons. The molecule has 1 aliphatic heterocycles. The van der Waals surface area contributed by atoms with Gasteiger partial charge in [0.05, 0.1) is 22.0 Å². The van der Waals surface area contributed by atoms with E-state index in [0.29, 0.717) is 12.8 Å². The van der Waals surface area contributed by atoms with E-state index in [9.17, 15) is 23.3 Å². The number of sulfonamides is 1. The molecule has 9 nitrogen and oxygen atoms in total. The number of rotatable bonds is 6. The Morgan fingerprint density at radius 3 is 2.48 bits per heavy atom. The van der Waals surface area contributed by atoms with Crippen LogP contribution < -0.4 is 5.73 Å². The molecule has 1 saturated heterocycles. The summed E-state index contributed by atoms with van der Waals surface area (Å²) in [5, 5.41) is 11.4. The van der Waals surface area contributed by atoms with Gasteiger partial charge in [-0.15, -0.1) is 0 Å². The van der Waals surface area contributed by atoms with Crippen molar-refractivity contribution >= 4 is 21.7 Å². The summed E-state index contributed by atoms with van der Waals surface area (Å²) in [4.78, 5) is 22.5. The van der Waals surface area contributed by atoms with Gasteiger partial charge in [0.2, 0.25) is 10.0 Å². The molecule has 27 heavy (non-hydrogen) atoms. The molecule has 1 aromatic carbocycles. The maximum Gasteiger partial charge on any atom is 0.338 e. The SMILES string of the molecule is CCOC(=O)c1cc(S(=O)(=O)N2CCC(C(C)N)CC2)cc([N+](=O)[O-])c1C. The Morgan fingerprint density at radius 2 is 2.00 bits per heavy atom. The number of nitrogens with two attached hydrogens (primary N) is 1. The molecule has 0 aliphatic carbocycles. The lowest BCUT2D eigenvalue weighted by Crippen LogP contribution is -2.42. The van der Waals surface area contributed by atoms with Gasteiger partial charge in [0.15, 0.2) is 0 Å². The summed E-state index contributed by atoms with van der Waals surface area (Å²) in [7, 11) is -3.97. The van der Waals surface area contributed by atoms with Gasteiger partial charge in [-0.05, 0) is 45.6 Å². The van der Waals surface area contributed by atoms with E-state index in [1.54, 1.807) is 6.92 Å². The van der Waals surface area contributed by atoms with Crippen molar-refractivity contribution in [2.75, 3.05) is 19.7 Å². The van der Waals surface area contributed by atoms with Crippen LogP contribution >= 0.6 is 0 Å². The van der Waals surface area contributed by atoms with Crippen LogP contribution in [0.15, 0.2) is 17.0 Å². The van der Waals surface area contributed by atoms with Gasteiger partial charge >= 0.3 is 5.97 Å². The van der Waals surface area contributed by atoms with Gasteiger partial charge in [-0.2, -0.15) is 4.31 Å². The first-order chi connectivity index (χ1) is 12.6. The number of hydrogen-bond acceptors (Lipinski definition) is 7. The second-order valence-electron chi connectivity index (χ2n) is 6.69. The Morgan fingerprint density at radius 1 is 1.41 bits per heavy atom. The Bertz CT molecular complexity index is 829. The maximum absolute atomic E-state index is 13.0. The minimum atomic E-state index is -3.97. The van der Waals surface area contributed by atoms with Crippen LogP contribution in [0.2, 0.25) is 0 Å². The lowest BCUT2D eigenvalue weighted by Gasteiger charge is -2.33. The number of piperidine rings is 1. The minimum Gasteiger partial charge on any atom is -0.462 e. The lowest BCUT2D eigenvalue weighted by atomic mass is 9.92. The topological polar surface area (TPSA) is 133 Å². The number of nitrogens with zero attached hydrogens (tertiary/aromatic N) is 2. The smallest absolute Gasteiger partial charge is 0.338 e. The highest BCUT2D eigenvalue weighted by Crippen LogP contribution is 2.31. The van der Waals surface area contributed by atoms with Crippen molar-refractivity contribution in [2.45, 2.75) is 44.6 Å². The van der Waals surface area contributed by atoms with E-state index in [-0.39, 0.29) is 47.7 Å². The maximum atomic E-state index is 13.0. The average molecular weight is 399 g/mol. The number of esters is 1. The highest BCUT2D eigenvalue weighted by atomic mass is 32.2. The molecule has 1 fully saturated rings. The summed E-state index contributed by atoms with van der Waals surface area (Å²) in [5.74, 6) is -0.551. The van der Waals surface area contributed by atoms with Crippen LogP contribution in [-0.4, -0.2) is 49.4 Å². The number of nitro benzene ring substituents is 1. The molecule has 10 heteroatoms. The van der Waals surface area contributed by atoms with E-state index < -0.39 is 26.6 Å². The van der Waals surface area contributed by atoms with Crippen molar-refractivity contribution in [3.63, 3.8) is 0 Å². The van der Waals surface area contributed by atoms with Gasteiger partial charge < -0.3 is 10.5 Å². The van der Waals surface area contributed by atoms with Gasteiger partial charge in [-0.3, -0.25) is 10.1 Å². The zero-order valence-corrected chi connectivity index (χ0v) is 16.5. The molecule has 150 valence electrons. The molecule has 1 heterocycles. The normalized spacial score (nSPS) is 17.5. The Hall–Kier alpha value is -2.04. The van der Waals surface area contributed by atoms with E-state index in [1.807, 2.05) is 6.92 Å². The number of carbonyl (C=O) groups is 1. The third-order valence-electron chi connectivity index (χ3n) is 4.93. The summed E-state index contributed by atoms with van der Waals surface area (Å²) in [6.45, 7) is 5.53. The van der Waals surface area contributed by atoms with E-state index in [2.05, 4.69) is 0 Å². The Balaban J connectivity index is 2.44. The van der Waals surface area contributed by atoms with Crippen LogP contribution in [0.1, 0.15) is 42.6 Å². The van der Waals surface area contributed by atoms with Crippen LogP contribution in [0.3, 0.4) is 0 Å². The number of carbonyl (C=O) groups excluding carboxylic acids is 1.